The van der Waals surface area contributed by atoms with Crippen LogP contribution in [0.1, 0.15) is 5.56 Å². The molecule has 4 rings (SSSR count). The quantitative estimate of drug-likeness (QED) is 0.527. The third-order valence-corrected chi connectivity index (χ3v) is 6.07. The van der Waals surface area contributed by atoms with Gasteiger partial charge in [-0.25, -0.2) is 9.37 Å². The Labute approximate surface area is 178 Å². The number of benzene rings is 1. The molecule has 152 valence electrons. The molecule has 29 heavy (non-hydrogen) atoms. The molecule has 0 spiro atoms. The van der Waals surface area contributed by atoms with Crippen molar-refractivity contribution in [2.45, 2.75) is 5.03 Å². The van der Waals surface area contributed by atoms with Gasteiger partial charge in [-0.1, -0.05) is 17.7 Å². The number of ether oxygens (including phenoxy) is 2. The van der Waals surface area contributed by atoms with Gasteiger partial charge in [-0.15, -0.1) is 11.8 Å². The third-order valence-electron chi connectivity index (χ3n) is 4.92. The number of aromatic nitrogens is 1. The van der Waals surface area contributed by atoms with Crippen molar-refractivity contribution in [3.63, 3.8) is 0 Å². The summed E-state index contributed by atoms with van der Waals surface area (Å²) in [5, 5.41) is 9.55. The van der Waals surface area contributed by atoms with E-state index in [-0.39, 0.29) is 10.7 Å². The highest BCUT2D eigenvalue weighted by molar-refractivity contribution is 7.99. The first-order chi connectivity index (χ1) is 14.2. The molecule has 0 bridgehead atoms. The van der Waals surface area contributed by atoms with E-state index in [0.717, 1.165) is 56.0 Å². The molecular formula is C20H20ClFN4O2S. The number of nitriles is 1. The Hall–Kier alpha value is -2.21. The smallest absolute Gasteiger partial charge is 0.184 e. The summed E-state index contributed by atoms with van der Waals surface area (Å²) in [6.07, 6.45) is 0. The molecular weight excluding hydrogens is 415 g/mol. The zero-order chi connectivity index (χ0) is 20.2. The Bertz CT molecular complexity index is 931. The predicted octanol–water partition coefficient (Wildman–Crippen LogP) is 3.43. The standard InChI is InChI=1S/C20H20ClFN4O2S/c21-18-12-15(22)14(13-23)20(24-18)29-11-8-25-4-6-26(7-5-25)16-2-1-3-17-19(16)28-10-9-27-17/h1-3,12H,4-11H2. The number of rotatable bonds is 5. The summed E-state index contributed by atoms with van der Waals surface area (Å²) >= 11 is 7.18. The van der Waals surface area contributed by atoms with Gasteiger partial charge in [0.05, 0.1) is 5.69 Å². The Morgan fingerprint density at radius 3 is 2.79 bits per heavy atom. The number of pyridine rings is 1. The second kappa shape index (κ2) is 9.08. The van der Waals surface area contributed by atoms with Gasteiger partial charge in [0.1, 0.15) is 40.8 Å². The monoisotopic (exact) mass is 434 g/mol. The van der Waals surface area contributed by atoms with Crippen molar-refractivity contribution in [1.82, 2.24) is 9.88 Å². The van der Waals surface area contributed by atoms with Gasteiger partial charge in [0.2, 0.25) is 0 Å². The Morgan fingerprint density at radius 2 is 2.00 bits per heavy atom. The van der Waals surface area contributed by atoms with E-state index in [1.807, 2.05) is 18.2 Å². The van der Waals surface area contributed by atoms with E-state index < -0.39 is 5.82 Å². The van der Waals surface area contributed by atoms with E-state index in [2.05, 4.69) is 20.9 Å². The van der Waals surface area contributed by atoms with E-state index in [0.29, 0.717) is 24.0 Å². The largest absolute Gasteiger partial charge is 0.486 e. The zero-order valence-electron chi connectivity index (χ0n) is 15.7. The second-order valence-corrected chi connectivity index (χ2v) is 8.17. The summed E-state index contributed by atoms with van der Waals surface area (Å²) < 4.78 is 25.3. The van der Waals surface area contributed by atoms with Crippen LogP contribution in [0.2, 0.25) is 5.15 Å². The molecule has 0 aliphatic carbocycles. The van der Waals surface area contributed by atoms with Crippen molar-refractivity contribution in [2.24, 2.45) is 0 Å². The highest BCUT2D eigenvalue weighted by Gasteiger charge is 2.23. The number of nitrogens with zero attached hydrogens (tertiary/aromatic N) is 4. The van der Waals surface area contributed by atoms with Gasteiger partial charge in [0.15, 0.2) is 11.5 Å². The fourth-order valence-corrected chi connectivity index (χ4v) is 4.68. The fraction of sp³-hybridized carbons (Fsp3) is 0.400. The average molecular weight is 435 g/mol. The number of piperazine rings is 1. The van der Waals surface area contributed by atoms with Crippen molar-refractivity contribution in [2.75, 3.05) is 56.6 Å². The summed E-state index contributed by atoms with van der Waals surface area (Å²) in [4.78, 5) is 8.76. The average Bonchev–Trinajstić information content (AvgIpc) is 2.74. The highest BCUT2D eigenvalue weighted by Crippen LogP contribution is 2.39. The van der Waals surface area contributed by atoms with Gasteiger partial charge in [0, 0.05) is 44.5 Å². The number of hydrogen-bond donors (Lipinski definition) is 0. The van der Waals surface area contributed by atoms with Gasteiger partial charge in [0.25, 0.3) is 0 Å². The molecule has 0 saturated carbocycles. The second-order valence-electron chi connectivity index (χ2n) is 6.70. The van der Waals surface area contributed by atoms with Gasteiger partial charge in [-0.2, -0.15) is 5.26 Å². The molecule has 6 nitrogen and oxygen atoms in total. The van der Waals surface area contributed by atoms with Crippen molar-refractivity contribution >= 4 is 29.1 Å². The molecule has 1 aromatic carbocycles. The van der Waals surface area contributed by atoms with E-state index in [1.54, 1.807) is 0 Å². The number of fused-ring (bicyclic) bond motifs is 1. The van der Waals surface area contributed by atoms with E-state index in [4.69, 9.17) is 26.3 Å². The van der Waals surface area contributed by atoms with Crippen LogP contribution < -0.4 is 14.4 Å². The van der Waals surface area contributed by atoms with Crippen molar-refractivity contribution in [1.29, 1.82) is 5.26 Å². The molecule has 1 aromatic heterocycles. The number of halogens is 2. The molecule has 2 aliphatic heterocycles. The molecule has 0 atom stereocenters. The fourth-order valence-electron chi connectivity index (χ4n) is 3.46. The molecule has 2 aliphatic rings. The molecule has 0 N–H and O–H groups in total. The van der Waals surface area contributed by atoms with Crippen LogP contribution >= 0.6 is 23.4 Å². The lowest BCUT2D eigenvalue weighted by Crippen LogP contribution is -2.47. The van der Waals surface area contributed by atoms with Gasteiger partial charge in [-0.05, 0) is 12.1 Å². The van der Waals surface area contributed by atoms with Crippen LogP contribution in [0.4, 0.5) is 10.1 Å². The van der Waals surface area contributed by atoms with E-state index >= 15 is 0 Å². The summed E-state index contributed by atoms with van der Waals surface area (Å²) in [5.74, 6) is 1.73. The van der Waals surface area contributed by atoms with Crippen LogP contribution in [0.15, 0.2) is 29.3 Å². The number of para-hydroxylation sites is 1. The van der Waals surface area contributed by atoms with Crippen molar-refractivity contribution < 1.29 is 13.9 Å². The van der Waals surface area contributed by atoms with Gasteiger partial charge >= 0.3 is 0 Å². The van der Waals surface area contributed by atoms with Crippen LogP contribution in [0.3, 0.4) is 0 Å². The zero-order valence-corrected chi connectivity index (χ0v) is 17.3. The molecule has 1 fully saturated rings. The molecule has 0 radical (unpaired) electrons. The maximum atomic E-state index is 13.8. The molecule has 3 heterocycles. The topological polar surface area (TPSA) is 61.6 Å². The maximum absolute atomic E-state index is 13.8. The van der Waals surface area contributed by atoms with Gasteiger partial charge in [-0.3, -0.25) is 4.90 Å². The molecule has 0 unspecified atom stereocenters. The Kier molecular flexibility index (Phi) is 6.28. The highest BCUT2D eigenvalue weighted by atomic mass is 35.5. The Morgan fingerprint density at radius 1 is 1.21 bits per heavy atom. The third kappa shape index (κ3) is 4.53. The minimum Gasteiger partial charge on any atom is -0.486 e. The maximum Gasteiger partial charge on any atom is 0.184 e. The SMILES string of the molecule is N#Cc1c(F)cc(Cl)nc1SCCN1CCN(c2cccc3c2OCCO3)CC1. The minimum atomic E-state index is -0.624. The minimum absolute atomic E-state index is 0.0414. The summed E-state index contributed by atoms with van der Waals surface area (Å²) in [6.45, 7) is 5.58. The number of thioether (sulfide) groups is 1. The molecule has 2 aromatic rings. The first kappa shape index (κ1) is 20.1. The lowest BCUT2D eigenvalue weighted by molar-refractivity contribution is 0.171. The van der Waals surface area contributed by atoms with Gasteiger partial charge < -0.3 is 14.4 Å². The summed E-state index contributed by atoms with van der Waals surface area (Å²) in [7, 11) is 0. The molecule has 9 heteroatoms. The Balaban J connectivity index is 1.31. The first-order valence-corrected chi connectivity index (χ1v) is 10.8. The lowest BCUT2D eigenvalue weighted by atomic mass is 10.2. The number of hydrogen-bond acceptors (Lipinski definition) is 7. The lowest BCUT2D eigenvalue weighted by Gasteiger charge is -2.37. The van der Waals surface area contributed by atoms with Crippen LogP contribution in [0.25, 0.3) is 0 Å². The van der Waals surface area contributed by atoms with Crippen molar-refractivity contribution in [3.05, 3.63) is 40.8 Å². The van der Waals surface area contributed by atoms with Crippen LogP contribution in [0, 0.1) is 17.1 Å². The normalized spacial score (nSPS) is 16.5. The summed E-state index contributed by atoms with van der Waals surface area (Å²) in [6, 6.07) is 8.94. The predicted molar refractivity (Wildman–Crippen MR) is 111 cm³/mol. The van der Waals surface area contributed by atoms with Crippen molar-refractivity contribution in [3.8, 4) is 17.6 Å². The van der Waals surface area contributed by atoms with Crippen LogP contribution in [-0.4, -0.2) is 61.6 Å². The first-order valence-electron chi connectivity index (χ1n) is 9.40. The molecule has 1 saturated heterocycles. The summed E-state index contributed by atoms with van der Waals surface area (Å²) in [5.41, 5.74) is 1.04. The number of anilines is 1. The molecule has 0 amide bonds. The van der Waals surface area contributed by atoms with Crippen LogP contribution in [-0.2, 0) is 0 Å². The van der Waals surface area contributed by atoms with Crippen LogP contribution in [0.5, 0.6) is 11.5 Å². The van der Waals surface area contributed by atoms with E-state index in [9.17, 15) is 4.39 Å². The van der Waals surface area contributed by atoms with E-state index in [1.165, 1.54) is 11.8 Å².